The number of carbonyl (C=O) groups excluding carboxylic acids is 1. The van der Waals surface area contributed by atoms with Crippen molar-refractivity contribution in [3.05, 3.63) is 48.6 Å². The highest BCUT2D eigenvalue weighted by Crippen LogP contribution is 2.27. The Morgan fingerprint density at radius 3 is 2.77 bits per heavy atom. The molecule has 0 spiro atoms. The molecule has 1 aliphatic heterocycles. The summed E-state index contributed by atoms with van der Waals surface area (Å²) in [4.78, 5) is 14.2. The van der Waals surface area contributed by atoms with Crippen molar-refractivity contribution in [2.75, 3.05) is 24.7 Å². The average molecular weight is 323 g/mol. The second-order valence-corrected chi connectivity index (χ2v) is 7.57. The van der Waals surface area contributed by atoms with E-state index in [1.165, 1.54) is 0 Å². The first kappa shape index (κ1) is 16.7. The Labute approximate surface area is 131 Å². The highest BCUT2D eigenvalue weighted by Gasteiger charge is 2.36. The van der Waals surface area contributed by atoms with Crippen LogP contribution in [0.25, 0.3) is 0 Å². The van der Waals surface area contributed by atoms with Gasteiger partial charge in [-0.15, -0.1) is 6.58 Å². The predicted molar refractivity (Wildman–Crippen MR) is 85.2 cm³/mol. The van der Waals surface area contributed by atoms with Crippen LogP contribution in [0.5, 0.6) is 0 Å². The lowest BCUT2D eigenvalue weighted by molar-refractivity contribution is -0.144. The summed E-state index contributed by atoms with van der Waals surface area (Å²) in [6, 6.07) is 8.79. The summed E-state index contributed by atoms with van der Waals surface area (Å²) in [6.07, 6.45) is 0.962. The van der Waals surface area contributed by atoms with Crippen molar-refractivity contribution >= 4 is 15.7 Å². The van der Waals surface area contributed by atoms with E-state index < -0.39 is 22.0 Å². The molecule has 1 aromatic rings. The number of amides is 1. The largest absolute Gasteiger partial charge is 0.365 e. The van der Waals surface area contributed by atoms with E-state index in [4.69, 9.17) is 4.74 Å². The van der Waals surface area contributed by atoms with Gasteiger partial charge in [-0.3, -0.25) is 4.79 Å². The minimum Gasteiger partial charge on any atom is -0.365 e. The van der Waals surface area contributed by atoms with Crippen molar-refractivity contribution < 1.29 is 17.9 Å². The SMILES string of the molecule is C=CCO[C@@H](C)C(=O)N1CCS(=O)(=O)C[C@@H]1c1ccccc1. The Balaban J connectivity index is 2.24. The van der Waals surface area contributed by atoms with Crippen LogP contribution in [0.4, 0.5) is 0 Å². The minimum absolute atomic E-state index is 0.00372. The Morgan fingerprint density at radius 2 is 2.14 bits per heavy atom. The van der Waals surface area contributed by atoms with Gasteiger partial charge in [0.25, 0.3) is 5.91 Å². The van der Waals surface area contributed by atoms with Crippen LogP contribution in [0.2, 0.25) is 0 Å². The molecule has 1 aromatic carbocycles. The van der Waals surface area contributed by atoms with E-state index in [0.29, 0.717) is 0 Å². The molecule has 1 fully saturated rings. The zero-order chi connectivity index (χ0) is 16.2. The fourth-order valence-corrected chi connectivity index (χ4v) is 4.03. The normalized spacial score (nSPS) is 22.0. The first-order chi connectivity index (χ1) is 10.4. The summed E-state index contributed by atoms with van der Waals surface area (Å²) in [5, 5.41) is 0. The number of hydrogen-bond acceptors (Lipinski definition) is 4. The molecule has 0 N–H and O–H groups in total. The number of carbonyl (C=O) groups is 1. The number of rotatable bonds is 5. The molecule has 120 valence electrons. The molecule has 0 unspecified atom stereocenters. The Bertz CT molecular complexity index is 627. The summed E-state index contributed by atoms with van der Waals surface area (Å²) in [5.74, 6) is -0.238. The van der Waals surface area contributed by atoms with Gasteiger partial charge in [0, 0.05) is 6.54 Å². The van der Waals surface area contributed by atoms with E-state index in [-0.39, 0.29) is 30.6 Å². The first-order valence-electron chi connectivity index (χ1n) is 7.23. The Morgan fingerprint density at radius 1 is 1.45 bits per heavy atom. The molecule has 2 rings (SSSR count). The van der Waals surface area contributed by atoms with E-state index in [0.717, 1.165) is 5.56 Å². The molecule has 0 bridgehead atoms. The summed E-state index contributed by atoms with van der Waals surface area (Å²) >= 11 is 0. The van der Waals surface area contributed by atoms with Crippen LogP contribution < -0.4 is 0 Å². The summed E-state index contributed by atoms with van der Waals surface area (Å²) in [5.41, 5.74) is 0.829. The summed E-state index contributed by atoms with van der Waals surface area (Å²) in [7, 11) is -3.14. The van der Waals surface area contributed by atoms with Crippen LogP contribution in [0, 0.1) is 0 Å². The van der Waals surface area contributed by atoms with E-state index in [9.17, 15) is 13.2 Å². The summed E-state index contributed by atoms with van der Waals surface area (Å²) in [6.45, 7) is 5.72. The fraction of sp³-hybridized carbons (Fsp3) is 0.438. The lowest BCUT2D eigenvalue weighted by Crippen LogP contribution is -2.49. The van der Waals surface area contributed by atoms with Crippen molar-refractivity contribution in [3.8, 4) is 0 Å². The molecule has 1 heterocycles. The van der Waals surface area contributed by atoms with E-state index in [1.807, 2.05) is 30.3 Å². The maximum Gasteiger partial charge on any atom is 0.252 e. The monoisotopic (exact) mass is 323 g/mol. The molecule has 0 aliphatic carbocycles. The summed E-state index contributed by atoms with van der Waals surface area (Å²) < 4.78 is 29.3. The van der Waals surface area contributed by atoms with Crippen LogP contribution in [0.1, 0.15) is 18.5 Å². The van der Waals surface area contributed by atoms with Gasteiger partial charge in [0.2, 0.25) is 0 Å². The van der Waals surface area contributed by atoms with Gasteiger partial charge in [0.15, 0.2) is 9.84 Å². The Hall–Kier alpha value is -1.66. The number of benzene rings is 1. The second kappa shape index (κ2) is 7.07. The minimum atomic E-state index is -3.14. The van der Waals surface area contributed by atoms with Gasteiger partial charge < -0.3 is 9.64 Å². The molecule has 1 amide bonds. The topological polar surface area (TPSA) is 63.7 Å². The average Bonchev–Trinajstić information content (AvgIpc) is 2.52. The highest BCUT2D eigenvalue weighted by atomic mass is 32.2. The van der Waals surface area contributed by atoms with Gasteiger partial charge >= 0.3 is 0 Å². The molecule has 22 heavy (non-hydrogen) atoms. The van der Waals surface area contributed by atoms with Crippen molar-refractivity contribution in [3.63, 3.8) is 0 Å². The fourth-order valence-electron chi connectivity index (χ4n) is 2.54. The third kappa shape index (κ3) is 3.96. The Kier molecular flexibility index (Phi) is 5.37. The standard InChI is InChI=1S/C16H21NO4S/c1-3-10-21-13(2)16(18)17-9-11-22(19,20)12-15(17)14-7-5-4-6-8-14/h3-8,13,15H,1,9-12H2,2H3/t13-,15+/m0/s1. The van der Waals surface area contributed by atoms with E-state index >= 15 is 0 Å². The molecule has 2 atom stereocenters. The quantitative estimate of drug-likeness (QED) is 0.772. The molecule has 1 aliphatic rings. The molecular weight excluding hydrogens is 302 g/mol. The maximum atomic E-state index is 12.6. The zero-order valence-corrected chi connectivity index (χ0v) is 13.5. The van der Waals surface area contributed by atoms with Gasteiger partial charge in [-0.25, -0.2) is 8.42 Å². The first-order valence-corrected chi connectivity index (χ1v) is 9.05. The number of nitrogens with zero attached hydrogens (tertiary/aromatic N) is 1. The smallest absolute Gasteiger partial charge is 0.252 e. The number of sulfone groups is 1. The molecule has 0 radical (unpaired) electrons. The molecule has 0 saturated carbocycles. The van der Waals surface area contributed by atoms with Gasteiger partial charge in [-0.2, -0.15) is 0 Å². The van der Waals surface area contributed by atoms with E-state index in [1.54, 1.807) is 17.9 Å². The third-order valence-corrected chi connectivity index (χ3v) is 5.34. The van der Waals surface area contributed by atoms with Crippen LogP contribution in [-0.2, 0) is 19.4 Å². The maximum absolute atomic E-state index is 12.6. The predicted octanol–water partition coefficient (Wildman–Crippen LogP) is 1.58. The van der Waals surface area contributed by atoms with Crippen LogP contribution in [0.3, 0.4) is 0 Å². The second-order valence-electron chi connectivity index (χ2n) is 5.34. The number of ether oxygens (including phenoxy) is 1. The lowest BCUT2D eigenvalue weighted by atomic mass is 10.1. The zero-order valence-electron chi connectivity index (χ0n) is 12.6. The van der Waals surface area contributed by atoms with Crippen molar-refractivity contribution in [1.29, 1.82) is 0 Å². The van der Waals surface area contributed by atoms with Crippen LogP contribution >= 0.6 is 0 Å². The number of hydrogen-bond donors (Lipinski definition) is 0. The van der Waals surface area contributed by atoms with Crippen molar-refractivity contribution in [1.82, 2.24) is 4.90 Å². The molecular formula is C16H21NO4S. The van der Waals surface area contributed by atoms with Crippen molar-refractivity contribution in [2.24, 2.45) is 0 Å². The van der Waals surface area contributed by atoms with Crippen LogP contribution in [0.15, 0.2) is 43.0 Å². The molecule has 1 saturated heterocycles. The van der Waals surface area contributed by atoms with Gasteiger partial charge in [-0.05, 0) is 12.5 Å². The lowest BCUT2D eigenvalue weighted by Gasteiger charge is -2.37. The van der Waals surface area contributed by atoms with Crippen LogP contribution in [-0.4, -0.2) is 50.0 Å². The molecule has 0 aromatic heterocycles. The highest BCUT2D eigenvalue weighted by molar-refractivity contribution is 7.91. The van der Waals surface area contributed by atoms with Gasteiger partial charge in [0.05, 0.1) is 24.2 Å². The molecule has 6 heteroatoms. The van der Waals surface area contributed by atoms with Gasteiger partial charge in [-0.1, -0.05) is 36.4 Å². The van der Waals surface area contributed by atoms with Crippen molar-refractivity contribution in [2.45, 2.75) is 19.1 Å². The third-order valence-electron chi connectivity index (χ3n) is 3.71. The molecule has 5 nitrogen and oxygen atoms in total. The van der Waals surface area contributed by atoms with Gasteiger partial charge in [0.1, 0.15) is 6.10 Å². The van der Waals surface area contributed by atoms with E-state index in [2.05, 4.69) is 6.58 Å².